The highest BCUT2D eigenvalue weighted by Gasteiger charge is 2.30. The molecule has 1 aromatic heterocycles. The Kier molecular flexibility index (Phi) is 7.91. The molecule has 0 saturated carbocycles. The van der Waals surface area contributed by atoms with Crippen LogP contribution in [0.5, 0.6) is 0 Å². The van der Waals surface area contributed by atoms with Gasteiger partial charge in [0, 0.05) is 29.2 Å². The van der Waals surface area contributed by atoms with Crippen LogP contribution in [0.3, 0.4) is 0 Å². The molecule has 0 fully saturated rings. The van der Waals surface area contributed by atoms with Crippen LogP contribution >= 0.6 is 7.92 Å². The SMILES string of the molecule is Cc1nc(NCc2cccc(C(F)F)c2F)c2cc(P(C)C)c(NC(C)CC(F)(F)F)cc2n1. The van der Waals surface area contributed by atoms with Crippen LogP contribution in [0.25, 0.3) is 10.9 Å². The molecule has 0 amide bonds. The molecule has 1 unspecified atom stereocenters. The van der Waals surface area contributed by atoms with Crippen LogP contribution in [0.4, 0.5) is 37.8 Å². The predicted molar refractivity (Wildman–Crippen MR) is 125 cm³/mol. The molecule has 1 atom stereocenters. The van der Waals surface area contributed by atoms with Crippen molar-refractivity contribution in [1.29, 1.82) is 0 Å². The summed E-state index contributed by atoms with van der Waals surface area (Å²) in [6, 6.07) is 6.49. The summed E-state index contributed by atoms with van der Waals surface area (Å²) < 4.78 is 78.9. The van der Waals surface area contributed by atoms with Crippen LogP contribution in [-0.2, 0) is 6.54 Å². The van der Waals surface area contributed by atoms with E-state index in [1.807, 2.05) is 19.4 Å². The van der Waals surface area contributed by atoms with Crippen LogP contribution in [-0.4, -0.2) is 35.5 Å². The number of alkyl halides is 5. The van der Waals surface area contributed by atoms with Gasteiger partial charge < -0.3 is 10.6 Å². The molecule has 34 heavy (non-hydrogen) atoms. The standard InChI is InChI=1S/C23H25F6N4P/c1-12(10-23(27,28)29)31-18-9-17-16(8-19(18)34(3)4)22(33-13(2)32-17)30-11-14-6-5-7-15(20(14)24)21(25)26/h5-9,12,21,31H,10-11H2,1-4H3,(H,30,32,33). The molecule has 0 spiro atoms. The summed E-state index contributed by atoms with van der Waals surface area (Å²) in [7, 11) is -0.714. The Bertz CT molecular complexity index is 1170. The van der Waals surface area contributed by atoms with Crippen molar-refractivity contribution >= 4 is 35.6 Å². The Balaban J connectivity index is 1.98. The van der Waals surface area contributed by atoms with Crippen molar-refractivity contribution in [2.45, 2.75) is 45.5 Å². The normalized spacial score (nSPS) is 13.1. The molecule has 2 aromatic carbocycles. The van der Waals surface area contributed by atoms with Crippen molar-refractivity contribution < 1.29 is 26.3 Å². The molecule has 0 aliphatic rings. The maximum absolute atomic E-state index is 14.4. The maximum atomic E-state index is 14.4. The Morgan fingerprint density at radius 3 is 2.41 bits per heavy atom. The second kappa shape index (κ2) is 10.3. The summed E-state index contributed by atoms with van der Waals surface area (Å²) in [6.07, 6.45) is -8.20. The van der Waals surface area contributed by atoms with E-state index in [1.54, 1.807) is 13.0 Å². The zero-order valence-electron chi connectivity index (χ0n) is 19.1. The Morgan fingerprint density at radius 1 is 1.09 bits per heavy atom. The van der Waals surface area contributed by atoms with Gasteiger partial charge in [-0.05, 0) is 44.6 Å². The van der Waals surface area contributed by atoms with Crippen molar-refractivity contribution in [3.63, 3.8) is 0 Å². The van der Waals surface area contributed by atoms with Gasteiger partial charge in [-0.3, -0.25) is 0 Å². The predicted octanol–water partition coefficient (Wildman–Crippen LogP) is 6.75. The van der Waals surface area contributed by atoms with Gasteiger partial charge in [0.05, 0.1) is 17.5 Å². The summed E-state index contributed by atoms with van der Waals surface area (Å²) in [6.45, 7) is 6.99. The highest BCUT2D eigenvalue weighted by molar-refractivity contribution is 7.64. The summed E-state index contributed by atoms with van der Waals surface area (Å²) in [5.41, 5.74) is 0.464. The molecule has 11 heteroatoms. The van der Waals surface area contributed by atoms with E-state index in [-0.39, 0.29) is 12.1 Å². The molecule has 2 N–H and O–H groups in total. The van der Waals surface area contributed by atoms with Crippen molar-refractivity contribution in [1.82, 2.24) is 9.97 Å². The third kappa shape index (κ3) is 6.29. The van der Waals surface area contributed by atoms with Gasteiger partial charge in [0.15, 0.2) is 0 Å². The van der Waals surface area contributed by atoms with Crippen LogP contribution in [0, 0.1) is 12.7 Å². The monoisotopic (exact) mass is 502 g/mol. The average molecular weight is 502 g/mol. The molecular weight excluding hydrogens is 477 g/mol. The molecule has 0 saturated heterocycles. The van der Waals surface area contributed by atoms with E-state index in [9.17, 15) is 26.3 Å². The number of aryl methyl sites for hydroxylation is 1. The van der Waals surface area contributed by atoms with E-state index >= 15 is 0 Å². The molecule has 0 aliphatic carbocycles. The molecule has 4 nitrogen and oxygen atoms in total. The summed E-state index contributed by atoms with van der Waals surface area (Å²) in [5.74, 6) is -0.192. The fourth-order valence-corrected chi connectivity index (χ4v) is 4.65. The van der Waals surface area contributed by atoms with Gasteiger partial charge in [-0.15, -0.1) is 0 Å². The van der Waals surface area contributed by atoms with Gasteiger partial charge in [0.25, 0.3) is 6.43 Å². The highest BCUT2D eigenvalue weighted by atomic mass is 31.1. The second-order valence-corrected chi connectivity index (χ2v) is 10.5. The van der Waals surface area contributed by atoms with Crippen LogP contribution in [0.15, 0.2) is 30.3 Å². The van der Waals surface area contributed by atoms with Gasteiger partial charge in [0.1, 0.15) is 17.5 Å². The number of hydrogen-bond donors (Lipinski definition) is 2. The van der Waals surface area contributed by atoms with Gasteiger partial charge in [-0.1, -0.05) is 26.1 Å². The summed E-state index contributed by atoms with van der Waals surface area (Å²) >= 11 is 0. The lowest BCUT2D eigenvalue weighted by atomic mass is 10.1. The van der Waals surface area contributed by atoms with E-state index in [0.717, 1.165) is 11.4 Å². The number of aromatic nitrogens is 2. The molecule has 3 aromatic rings. The topological polar surface area (TPSA) is 49.8 Å². The first kappa shape index (κ1) is 26.0. The van der Waals surface area contributed by atoms with Gasteiger partial charge in [-0.25, -0.2) is 23.1 Å². The number of halogens is 6. The Hall–Kier alpha value is -2.61. The number of nitrogens with zero attached hydrogens (tertiary/aromatic N) is 2. The van der Waals surface area contributed by atoms with Crippen molar-refractivity contribution in [2.75, 3.05) is 24.0 Å². The van der Waals surface area contributed by atoms with E-state index in [2.05, 4.69) is 20.6 Å². The highest BCUT2D eigenvalue weighted by Crippen LogP contribution is 2.34. The quantitative estimate of drug-likeness (QED) is 0.264. The number of nitrogens with one attached hydrogen (secondary N) is 2. The Labute approximate surface area is 194 Å². The minimum atomic E-state index is -4.29. The fourth-order valence-electron chi connectivity index (χ4n) is 3.65. The summed E-state index contributed by atoms with van der Waals surface area (Å²) in [4.78, 5) is 8.80. The molecule has 184 valence electrons. The van der Waals surface area contributed by atoms with Gasteiger partial charge in [0.2, 0.25) is 0 Å². The third-order valence-electron chi connectivity index (χ3n) is 5.14. The van der Waals surface area contributed by atoms with E-state index in [1.165, 1.54) is 19.1 Å². The lowest BCUT2D eigenvalue weighted by Gasteiger charge is -2.22. The van der Waals surface area contributed by atoms with Gasteiger partial charge in [-0.2, -0.15) is 13.2 Å². The van der Waals surface area contributed by atoms with E-state index in [0.29, 0.717) is 28.2 Å². The average Bonchev–Trinajstić information content (AvgIpc) is 2.70. The van der Waals surface area contributed by atoms with E-state index < -0.39 is 44.4 Å². The lowest BCUT2D eigenvalue weighted by molar-refractivity contribution is -0.136. The molecule has 0 aliphatic heterocycles. The number of hydrogen-bond acceptors (Lipinski definition) is 4. The van der Waals surface area contributed by atoms with Crippen LogP contribution in [0.2, 0.25) is 0 Å². The minimum absolute atomic E-state index is 0.0648. The first-order chi connectivity index (χ1) is 15.9. The van der Waals surface area contributed by atoms with Crippen LogP contribution < -0.4 is 15.9 Å². The molecular formula is C23H25F6N4P. The number of benzene rings is 2. The minimum Gasteiger partial charge on any atom is -0.382 e. The zero-order chi connectivity index (χ0) is 25.2. The Morgan fingerprint density at radius 2 is 1.79 bits per heavy atom. The summed E-state index contributed by atoms with van der Waals surface area (Å²) in [5, 5.41) is 7.41. The van der Waals surface area contributed by atoms with E-state index in [4.69, 9.17) is 0 Å². The number of anilines is 2. The molecule has 1 heterocycles. The smallest absolute Gasteiger partial charge is 0.382 e. The fraction of sp³-hybridized carbons (Fsp3) is 0.391. The van der Waals surface area contributed by atoms with Crippen molar-refractivity contribution in [3.8, 4) is 0 Å². The first-order valence-corrected chi connectivity index (χ1v) is 12.7. The third-order valence-corrected chi connectivity index (χ3v) is 6.47. The molecule has 0 bridgehead atoms. The molecule has 3 rings (SSSR count). The largest absolute Gasteiger partial charge is 0.391 e. The zero-order valence-corrected chi connectivity index (χ0v) is 20.0. The number of rotatable bonds is 8. The van der Waals surface area contributed by atoms with Crippen molar-refractivity contribution in [2.24, 2.45) is 0 Å². The number of fused-ring (bicyclic) bond motifs is 1. The van der Waals surface area contributed by atoms with Crippen LogP contribution in [0.1, 0.15) is 36.7 Å². The van der Waals surface area contributed by atoms with Crippen molar-refractivity contribution in [3.05, 3.63) is 53.1 Å². The molecule has 0 radical (unpaired) electrons. The second-order valence-electron chi connectivity index (χ2n) is 8.24. The first-order valence-electron chi connectivity index (χ1n) is 10.5. The van der Waals surface area contributed by atoms with Gasteiger partial charge >= 0.3 is 6.18 Å². The maximum Gasteiger partial charge on any atom is 0.391 e. The lowest BCUT2D eigenvalue weighted by Crippen LogP contribution is -2.26.